The number of benzene rings is 1. The van der Waals surface area contributed by atoms with Gasteiger partial charge in [0.25, 0.3) is 0 Å². The van der Waals surface area contributed by atoms with Gasteiger partial charge in [0, 0.05) is 11.5 Å². The molecule has 0 atom stereocenters. The summed E-state index contributed by atoms with van der Waals surface area (Å²) in [6, 6.07) is 6.23. The zero-order chi connectivity index (χ0) is 10.1. The number of nitrogens with zero attached hydrogens (tertiary/aromatic N) is 1. The summed E-state index contributed by atoms with van der Waals surface area (Å²) in [6.45, 7) is 0. The summed E-state index contributed by atoms with van der Waals surface area (Å²) < 4.78 is 0.683. The predicted octanol–water partition coefficient (Wildman–Crippen LogP) is 1.17. The van der Waals surface area contributed by atoms with E-state index in [9.17, 15) is 10.0 Å². The Morgan fingerprint density at radius 1 is 1.29 bits per heavy atom. The van der Waals surface area contributed by atoms with Gasteiger partial charge in [-0.05, 0) is 23.6 Å². The van der Waals surface area contributed by atoms with Crippen LogP contribution in [0.1, 0.15) is 10.4 Å². The SMILES string of the molecule is O=C(O)c1ccc2c[n+]([O-])ccc2c1. The molecule has 0 saturated carbocycles. The summed E-state index contributed by atoms with van der Waals surface area (Å²) in [4.78, 5) is 10.6. The van der Waals surface area contributed by atoms with Crippen molar-refractivity contribution in [3.8, 4) is 0 Å². The van der Waals surface area contributed by atoms with Crippen LogP contribution in [0.5, 0.6) is 0 Å². The number of hydrogen-bond donors (Lipinski definition) is 1. The lowest BCUT2D eigenvalue weighted by Crippen LogP contribution is -2.23. The van der Waals surface area contributed by atoms with Crippen molar-refractivity contribution in [1.29, 1.82) is 0 Å². The first-order valence-electron chi connectivity index (χ1n) is 4.03. The molecule has 4 nitrogen and oxygen atoms in total. The summed E-state index contributed by atoms with van der Waals surface area (Å²) in [5.74, 6) is -0.967. The molecule has 0 aliphatic rings. The standard InChI is InChI=1S/C10H7NO3/c12-10(13)8-1-2-9-6-11(14)4-3-7(9)5-8/h1-6H,(H,12,13). The number of rotatable bonds is 1. The predicted molar refractivity (Wildman–Crippen MR) is 49.9 cm³/mol. The molecule has 70 valence electrons. The Kier molecular flexibility index (Phi) is 1.81. The molecule has 14 heavy (non-hydrogen) atoms. The van der Waals surface area contributed by atoms with Crippen LogP contribution in [0.3, 0.4) is 0 Å². The van der Waals surface area contributed by atoms with Crippen LogP contribution in [0.4, 0.5) is 0 Å². The van der Waals surface area contributed by atoms with Gasteiger partial charge < -0.3 is 10.3 Å². The van der Waals surface area contributed by atoms with Gasteiger partial charge in [-0.25, -0.2) is 4.79 Å². The fourth-order valence-corrected chi connectivity index (χ4v) is 1.30. The van der Waals surface area contributed by atoms with Crippen molar-refractivity contribution in [2.75, 3.05) is 0 Å². The van der Waals surface area contributed by atoms with Crippen molar-refractivity contribution < 1.29 is 14.6 Å². The number of carboxylic acids is 1. The summed E-state index contributed by atoms with van der Waals surface area (Å²) in [5, 5.41) is 21.1. The number of aromatic nitrogens is 1. The fourth-order valence-electron chi connectivity index (χ4n) is 1.30. The first kappa shape index (κ1) is 8.50. The van der Waals surface area contributed by atoms with Gasteiger partial charge in [-0.2, -0.15) is 4.73 Å². The first-order chi connectivity index (χ1) is 6.66. The van der Waals surface area contributed by atoms with Crippen LogP contribution in [-0.2, 0) is 0 Å². The number of pyridine rings is 1. The maximum atomic E-state index is 10.9. The third-order valence-corrected chi connectivity index (χ3v) is 2.00. The normalized spacial score (nSPS) is 10.3. The molecule has 0 bridgehead atoms. The third-order valence-electron chi connectivity index (χ3n) is 2.00. The van der Waals surface area contributed by atoms with E-state index in [4.69, 9.17) is 5.11 Å². The largest absolute Gasteiger partial charge is 0.619 e. The van der Waals surface area contributed by atoms with Gasteiger partial charge in [0.2, 0.25) is 0 Å². The van der Waals surface area contributed by atoms with Crippen molar-refractivity contribution in [1.82, 2.24) is 0 Å². The minimum absolute atomic E-state index is 0.223. The van der Waals surface area contributed by atoms with Gasteiger partial charge in [0.1, 0.15) is 0 Å². The molecule has 0 fully saturated rings. The molecule has 0 spiro atoms. The highest BCUT2D eigenvalue weighted by molar-refractivity contribution is 5.93. The molecule has 1 heterocycles. The third kappa shape index (κ3) is 1.37. The molecule has 2 rings (SSSR count). The lowest BCUT2D eigenvalue weighted by atomic mass is 10.1. The van der Waals surface area contributed by atoms with Crippen LogP contribution in [0.15, 0.2) is 36.7 Å². The highest BCUT2D eigenvalue weighted by Gasteiger charge is 2.04. The molecular weight excluding hydrogens is 182 g/mol. The maximum Gasteiger partial charge on any atom is 0.335 e. The lowest BCUT2D eigenvalue weighted by Gasteiger charge is -1.99. The molecule has 0 amide bonds. The Morgan fingerprint density at radius 2 is 2.07 bits per heavy atom. The number of carboxylic acid groups (broad SMARTS) is 1. The molecule has 4 heteroatoms. The zero-order valence-corrected chi connectivity index (χ0v) is 7.18. The minimum atomic E-state index is -0.967. The van der Waals surface area contributed by atoms with E-state index >= 15 is 0 Å². The summed E-state index contributed by atoms with van der Waals surface area (Å²) in [6.07, 6.45) is 2.74. The molecule has 2 aromatic rings. The average Bonchev–Trinajstić information content (AvgIpc) is 2.16. The van der Waals surface area contributed by atoms with Crippen LogP contribution in [0.2, 0.25) is 0 Å². The Bertz CT molecular complexity index is 508. The summed E-state index contributed by atoms with van der Waals surface area (Å²) in [7, 11) is 0. The fraction of sp³-hybridized carbons (Fsp3) is 0. The smallest absolute Gasteiger partial charge is 0.335 e. The Labute approximate surface area is 79.6 Å². The van der Waals surface area contributed by atoms with Crippen LogP contribution < -0.4 is 4.73 Å². The first-order valence-corrected chi connectivity index (χ1v) is 4.03. The van der Waals surface area contributed by atoms with Crippen molar-refractivity contribution in [3.63, 3.8) is 0 Å². The molecule has 0 saturated heterocycles. The molecule has 1 aromatic heterocycles. The van der Waals surface area contributed by atoms with Gasteiger partial charge in [-0.15, -0.1) is 0 Å². The van der Waals surface area contributed by atoms with Crippen molar-refractivity contribution in [2.45, 2.75) is 0 Å². The molecule has 0 unspecified atom stereocenters. The zero-order valence-electron chi connectivity index (χ0n) is 7.18. The van der Waals surface area contributed by atoms with Crippen LogP contribution in [0, 0.1) is 5.21 Å². The number of fused-ring (bicyclic) bond motifs is 1. The van der Waals surface area contributed by atoms with E-state index < -0.39 is 5.97 Å². The maximum absolute atomic E-state index is 10.9. The van der Waals surface area contributed by atoms with E-state index in [2.05, 4.69) is 0 Å². The van der Waals surface area contributed by atoms with Crippen molar-refractivity contribution in [3.05, 3.63) is 47.4 Å². The molecule has 1 N–H and O–H groups in total. The molecule has 0 aliphatic carbocycles. The second-order valence-electron chi connectivity index (χ2n) is 2.95. The average molecular weight is 189 g/mol. The molecular formula is C10H7NO3. The van der Waals surface area contributed by atoms with E-state index in [1.54, 1.807) is 12.1 Å². The van der Waals surface area contributed by atoms with Crippen molar-refractivity contribution >= 4 is 16.7 Å². The molecule has 0 radical (unpaired) electrons. The lowest BCUT2D eigenvalue weighted by molar-refractivity contribution is -0.603. The number of aromatic carboxylic acids is 1. The Balaban J connectivity index is 2.67. The molecule has 1 aromatic carbocycles. The summed E-state index contributed by atoms with van der Waals surface area (Å²) >= 11 is 0. The van der Waals surface area contributed by atoms with E-state index in [-0.39, 0.29) is 5.56 Å². The monoisotopic (exact) mass is 189 g/mol. The van der Waals surface area contributed by atoms with Crippen LogP contribution in [0.25, 0.3) is 10.8 Å². The van der Waals surface area contributed by atoms with Crippen molar-refractivity contribution in [2.24, 2.45) is 0 Å². The Morgan fingerprint density at radius 3 is 2.79 bits per heavy atom. The molecule has 0 aliphatic heterocycles. The van der Waals surface area contributed by atoms with Crippen LogP contribution >= 0.6 is 0 Å². The van der Waals surface area contributed by atoms with Gasteiger partial charge in [0.15, 0.2) is 12.4 Å². The quantitative estimate of drug-likeness (QED) is 0.541. The minimum Gasteiger partial charge on any atom is -0.619 e. The Hall–Kier alpha value is -2.10. The van der Waals surface area contributed by atoms with E-state index in [1.165, 1.54) is 24.5 Å². The highest BCUT2D eigenvalue weighted by Crippen LogP contribution is 2.13. The summed E-state index contributed by atoms with van der Waals surface area (Å²) in [5.41, 5.74) is 0.223. The second kappa shape index (κ2) is 2.99. The number of hydrogen-bond acceptors (Lipinski definition) is 2. The van der Waals surface area contributed by atoms with Gasteiger partial charge in [-0.1, -0.05) is 0 Å². The van der Waals surface area contributed by atoms with Gasteiger partial charge in [0.05, 0.1) is 5.56 Å². The van der Waals surface area contributed by atoms with E-state index in [1.807, 2.05) is 0 Å². The van der Waals surface area contributed by atoms with E-state index in [0.29, 0.717) is 4.73 Å². The topological polar surface area (TPSA) is 64.2 Å². The highest BCUT2D eigenvalue weighted by atomic mass is 16.5. The van der Waals surface area contributed by atoms with E-state index in [0.717, 1.165) is 10.8 Å². The van der Waals surface area contributed by atoms with Crippen LogP contribution in [-0.4, -0.2) is 11.1 Å². The van der Waals surface area contributed by atoms with Gasteiger partial charge in [-0.3, -0.25) is 0 Å². The number of carbonyl (C=O) groups is 1. The van der Waals surface area contributed by atoms with Gasteiger partial charge >= 0.3 is 5.97 Å². The second-order valence-corrected chi connectivity index (χ2v) is 2.95.